The Labute approximate surface area is 89.1 Å². The Bertz CT molecular complexity index is 614. The van der Waals surface area contributed by atoms with Crippen molar-refractivity contribution in [3.63, 3.8) is 0 Å². The van der Waals surface area contributed by atoms with Gasteiger partial charge in [-0.2, -0.15) is 5.10 Å². The SMILES string of the molecule is Cn1nc(N)c2c(=O)n3c(nc21)SCC3. The molecule has 1 aliphatic heterocycles. The number of anilines is 1. The van der Waals surface area contributed by atoms with Gasteiger partial charge in [0, 0.05) is 19.3 Å². The van der Waals surface area contributed by atoms with E-state index in [9.17, 15) is 4.79 Å². The lowest BCUT2D eigenvalue weighted by Gasteiger charge is -2.00. The molecule has 2 aromatic rings. The van der Waals surface area contributed by atoms with Gasteiger partial charge < -0.3 is 5.73 Å². The molecule has 0 aromatic carbocycles. The molecule has 3 rings (SSSR count). The number of hydrogen-bond donors (Lipinski definition) is 1. The molecule has 0 fully saturated rings. The smallest absolute Gasteiger partial charge is 0.267 e. The maximum Gasteiger partial charge on any atom is 0.267 e. The molecule has 0 aliphatic carbocycles. The summed E-state index contributed by atoms with van der Waals surface area (Å²) >= 11 is 1.58. The van der Waals surface area contributed by atoms with Crippen LogP contribution in [0.2, 0.25) is 0 Å². The Hall–Kier alpha value is -1.50. The Morgan fingerprint density at radius 3 is 3.13 bits per heavy atom. The fourth-order valence-corrected chi connectivity index (χ4v) is 2.71. The van der Waals surface area contributed by atoms with Crippen molar-refractivity contribution < 1.29 is 0 Å². The van der Waals surface area contributed by atoms with Crippen molar-refractivity contribution in [1.29, 1.82) is 0 Å². The lowest BCUT2D eigenvalue weighted by molar-refractivity contribution is 0.662. The zero-order valence-electron chi connectivity index (χ0n) is 8.10. The van der Waals surface area contributed by atoms with Crippen LogP contribution in [0.3, 0.4) is 0 Å². The van der Waals surface area contributed by atoms with Crippen LogP contribution in [0.25, 0.3) is 11.0 Å². The van der Waals surface area contributed by atoms with Crippen LogP contribution in [0.1, 0.15) is 0 Å². The zero-order valence-corrected chi connectivity index (χ0v) is 8.91. The van der Waals surface area contributed by atoms with E-state index >= 15 is 0 Å². The van der Waals surface area contributed by atoms with Crippen molar-refractivity contribution in [3.05, 3.63) is 10.4 Å². The van der Waals surface area contributed by atoms with Crippen molar-refractivity contribution in [2.45, 2.75) is 11.7 Å². The second-order valence-corrected chi connectivity index (χ2v) is 4.47. The standard InChI is InChI=1S/C8H9N5OS/c1-12-6-4(5(9)11-12)7(14)13-2-3-15-8(13)10-6/h2-3H2,1H3,(H2,9,11). The molecule has 3 heterocycles. The van der Waals surface area contributed by atoms with Crippen LogP contribution in [-0.4, -0.2) is 25.1 Å². The van der Waals surface area contributed by atoms with Crippen LogP contribution in [0.15, 0.2) is 9.95 Å². The minimum Gasteiger partial charge on any atom is -0.381 e. The monoisotopic (exact) mass is 223 g/mol. The molecule has 0 bridgehead atoms. The number of hydrogen-bond acceptors (Lipinski definition) is 5. The Morgan fingerprint density at radius 2 is 2.33 bits per heavy atom. The van der Waals surface area contributed by atoms with E-state index in [1.165, 1.54) is 0 Å². The highest BCUT2D eigenvalue weighted by molar-refractivity contribution is 7.99. The van der Waals surface area contributed by atoms with E-state index in [-0.39, 0.29) is 11.4 Å². The Morgan fingerprint density at radius 1 is 1.53 bits per heavy atom. The summed E-state index contributed by atoms with van der Waals surface area (Å²) in [6.45, 7) is 0.704. The lowest BCUT2D eigenvalue weighted by Crippen LogP contribution is -2.20. The summed E-state index contributed by atoms with van der Waals surface area (Å²) < 4.78 is 3.21. The fourth-order valence-electron chi connectivity index (χ4n) is 1.78. The lowest BCUT2D eigenvalue weighted by atomic mass is 10.4. The predicted octanol–water partition coefficient (Wildman–Crippen LogP) is -0.182. The summed E-state index contributed by atoms with van der Waals surface area (Å²) in [5.41, 5.74) is 6.17. The van der Waals surface area contributed by atoms with E-state index in [4.69, 9.17) is 5.73 Å². The van der Waals surface area contributed by atoms with Gasteiger partial charge in [-0.3, -0.25) is 9.36 Å². The van der Waals surface area contributed by atoms with Crippen LogP contribution in [0.5, 0.6) is 0 Å². The molecule has 0 saturated carbocycles. The van der Waals surface area contributed by atoms with Crippen LogP contribution < -0.4 is 11.3 Å². The number of nitrogens with two attached hydrogens (primary N) is 1. The molecular weight excluding hydrogens is 214 g/mol. The van der Waals surface area contributed by atoms with E-state index in [1.807, 2.05) is 0 Å². The molecule has 0 unspecified atom stereocenters. The molecule has 78 valence electrons. The van der Waals surface area contributed by atoms with Gasteiger partial charge in [0.05, 0.1) is 0 Å². The molecule has 7 heteroatoms. The third-order valence-electron chi connectivity index (χ3n) is 2.48. The van der Waals surface area contributed by atoms with Crippen LogP contribution >= 0.6 is 11.8 Å². The average molecular weight is 223 g/mol. The van der Waals surface area contributed by atoms with Gasteiger partial charge in [-0.15, -0.1) is 0 Å². The first-order valence-electron chi connectivity index (χ1n) is 4.54. The molecule has 15 heavy (non-hydrogen) atoms. The molecule has 2 N–H and O–H groups in total. The fraction of sp³-hybridized carbons (Fsp3) is 0.375. The number of rotatable bonds is 0. The molecule has 0 atom stereocenters. The summed E-state index contributed by atoms with van der Waals surface area (Å²) in [7, 11) is 1.74. The number of fused-ring (bicyclic) bond motifs is 2. The molecular formula is C8H9N5OS. The summed E-state index contributed by atoms with van der Waals surface area (Å²) in [5.74, 6) is 1.16. The Kier molecular flexibility index (Phi) is 1.61. The first-order chi connectivity index (χ1) is 7.18. The number of nitrogens with zero attached hydrogens (tertiary/aromatic N) is 4. The highest BCUT2D eigenvalue weighted by atomic mass is 32.2. The number of aromatic nitrogens is 4. The number of aryl methyl sites for hydroxylation is 1. The largest absolute Gasteiger partial charge is 0.381 e. The summed E-state index contributed by atoms with van der Waals surface area (Å²) in [4.78, 5) is 16.4. The van der Waals surface area contributed by atoms with Crippen LogP contribution in [0, 0.1) is 0 Å². The molecule has 0 radical (unpaired) electrons. The van der Waals surface area contributed by atoms with Crippen molar-refractivity contribution in [1.82, 2.24) is 19.3 Å². The first kappa shape index (κ1) is 8.78. The summed E-state index contributed by atoms with van der Waals surface area (Å²) in [5, 5.41) is 5.19. The third kappa shape index (κ3) is 1.03. The molecule has 1 aliphatic rings. The van der Waals surface area contributed by atoms with Gasteiger partial charge in [-0.25, -0.2) is 9.67 Å². The summed E-state index contributed by atoms with van der Waals surface area (Å²) in [6.07, 6.45) is 0. The highest BCUT2D eigenvalue weighted by Crippen LogP contribution is 2.24. The van der Waals surface area contributed by atoms with Gasteiger partial charge in [0.15, 0.2) is 16.6 Å². The van der Waals surface area contributed by atoms with E-state index in [2.05, 4.69) is 10.1 Å². The topological polar surface area (TPSA) is 78.7 Å². The van der Waals surface area contributed by atoms with Gasteiger partial charge in [0.2, 0.25) is 0 Å². The van der Waals surface area contributed by atoms with Gasteiger partial charge in [-0.05, 0) is 0 Å². The highest BCUT2D eigenvalue weighted by Gasteiger charge is 2.20. The van der Waals surface area contributed by atoms with E-state index in [0.29, 0.717) is 17.6 Å². The predicted molar refractivity (Wildman–Crippen MR) is 57.9 cm³/mol. The molecule has 0 saturated heterocycles. The minimum absolute atomic E-state index is 0.0781. The van der Waals surface area contributed by atoms with Gasteiger partial charge in [0.1, 0.15) is 5.39 Å². The maximum atomic E-state index is 12.0. The van der Waals surface area contributed by atoms with E-state index in [0.717, 1.165) is 10.9 Å². The number of nitrogen functional groups attached to an aromatic ring is 1. The third-order valence-corrected chi connectivity index (χ3v) is 3.44. The molecule has 0 amide bonds. The first-order valence-corrected chi connectivity index (χ1v) is 5.53. The summed E-state index contributed by atoms with van der Waals surface area (Å²) in [6, 6.07) is 0. The number of thioether (sulfide) groups is 1. The van der Waals surface area contributed by atoms with Crippen molar-refractivity contribution in [2.75, 3.05) is 11.5 Å². The van der Waals surface area contributed by atoms with Gasteiger partial charge in [-0.1, -0.05) is 11.8 Å². The van der Waals surface area contributed by atoms with Crippen molar-refractivity contribution in [2.24, 2.45) is 7.05 Å². The minimum atomic E-state index is -0.0781. The zero-order chi connectivity index (χ0) is 10.6. The molecule has 0 spiro atoms. The molecule has 6 nitrogen and oxygen atoms in total. The quantitative estimate of drug-likeness (QED) is 0.627. The normalized spacial score (nSPS) is 14.7. The maximum absolute atomic E-state index is 12.0. The van der Waals surface area contributed by atoms with Gasteiger partial charge >= 0.3 is 0 Å². The van der Waals surface area contributed by atoms with Crippen molar-refractivity contribution in [3.8, 4) is 0 Å². The van der Waals surface area contributed by atoms with Gasteiger partial charge in [0.25, 0.3) is 5.56 Å². The van der Waals surface area contributed by atoms with Crippen LogP contribution in [0.4, 0.5) is 5.82 Å². The second kappa shape index (κ2) is 2.75. The molecule has 2 aromatic heterocycles. The van der Waals surface area contributed by atoms with Crippen LogP contribution in [-0.2, 0) is 13.6 Å². The average Bonchev–Trinajstić information content (AvgIpc) is 2.73. The van der Waals surface area contributed by atoms with E-state index in [1.54, 1.807) is 28.1 Å². The van der Waals surface area contributed by atoms with Crippen molar-refractivity contribution >= 4 is 28.6 Å². The Balaban J connectivity index is 2.54. The van der Waals surface area contributed by atoms with E-state index < -0.39 is 0 Å². The second-order valence-electron chi connectivity index (χ2n) is 3.41.